The summed E-state index contributed by atoms with van der Waals surface area (Å²) in [4.78, 5) is 12.4. The van der Waals surface area contributed by atoms with Crippen LogP contribution in [0, 0.1) is 0 Å². The fourth-order valence-corrected chi connectivity index (χ4v) is 6.21. The van der Waals surface area contributed by atoms with Gasteiger partial charge in [0.25, 0.3) is 0 Å². The summed E-state index contributed by atoms with van der Waals surface area (Å²) < 4.78 is 2.33. The molecule has 6 rings (SSSR count). The third kappa shape index (κ3) is 3.07. The number of hydrogen-bond donors (Lipinski definition) is 0. The number of nitrogens with zero attached hydrogens (tertiary/aromatic N) is 4. The molecule has 2 aliphatic heterocycles. The molecule has 2 aromatic carbocycles. The van der Waals surface area contributed by atoms with Crippen molar-refractivity contribution >= 4 is 27.7 Å². The Kier molecular flexibility index (Phi) is 4.57. The first kappa shape index (κ1) is 18.7. The van der Waals surface area contributed by atoms with Crippen molar-refractivity contribution in [3.05, 3.63) is 96.6 Å². The van der Waals surface area contributed by atoms with E-state index in [0.29, 0.717) is 6.04 Å². The molecule has 0 aliphatic carbocycles. The molecule has 0 N–H and O–H groups in total. The van der Waals surface area contributed by atoms with Crippen molar-refractivity contribution in [2.75, 3.05) is 5.75 Å². The molecule has 0 unspecified atom stereocenters. The Balaban J connectivity index is 1.48. The summed E-state index contributed by atoms with van der Waals surface area (Å²) in [6.07, 6.45) is 5.17. The molecule has 0 amide bonds. The van der Waals surface area contributed by atoms with Crippen LogP contribution < -0.4 is 0 Å². The standard InChI is InChI=1S/C26H24N4S/c1-2-20-17-31-26-28-24(22-10-5-6-14-27-22)25(30(20)26)23-11-7-15-29(23)21-13-12-18-8-3-4-9-19(18)16-21/h3-16,20,24-25H,2,17H2,1H3/t20-,24+,25+/m1/s1. The van der Waals surface area contributed by atoms with E-state index >= 15 is 0 Å². The van der Waals surface area contributed by atoms with Gasteiger partial charge in [-0.15, -0.1) is 0 Å². The monoisotopic (exact) mass is 424 g/mol. The van der Waals surface area contributed by atoms with Gasteiger partial charge in [0.05, 0.1) is 5.69 Å². The molecule has 3 atom stereocenters. The minimum absolute atomic E-state index is 0.00663. The predicted molar refractivity (Wildman–Crippen MR) is 129 cm³/mol. The molecule has 0 spiro atoms. The van der Waals surface area contributed by atoms with Gasteiger partial charge in [0, 0.05) is 35.6 Å². The number of hydrogen-bond acceptors (Lipinski definition) is 4. The fourth-order valence-electron chi connectivity index (χ4n) is 4.87. The third-order valence-electron chi connectivity index (χ3n) is 6.42. The average molecular weight is 425 g/mol. The summed E-state index contributed by atoms with van der Waals surface area (Å²) in [6.45, 7) is 2.28. The smallest absolute Gasteiger partial charge is 0.160 e. The second-order valence-corrected chi connectivity index (χ2v) is 9.16. The summed E-state index contributed by atoms with van der Waals surface area (Å²) in [5.41, 5.74) is 3.49. The van der Waals surface area contributed by atoms with E-state index in [4.69, 9.17) is 9.98 Å². The van der Waals surface area contributed by atoms with Gasteiger partial charge in [0.15, 0.2) is 5.17 Å². The van der Waals surface area contributed by atoms with E-state index in [1.165, 1.54) is 27.3 Å². The van der Waals surface area contributed by atoms with Gasteiger partial charge < -0.3 is 9.47 Å². The van der Waals surface area contributed by atoms with Crippen LogP contribution in [0.25, 0.3) is 16.5 Å². The van der Waals surface area contributed by atoms with Crippen molar-refractivity contribution in [3.8, 4) is 5.69 Å². The highest BCUT2D eigenvalue weighted by Gasteiger charge is 2.46. The van der Waals surface area contributed by atoms with Crippen molar-refractivity contribution < 1.29 is 0 Å². The number of benzene rings is 2. The van der Waals surface area contributed by atoms with E-state index in [9.17, 15) is 0 Å². The molecule has 2 aromatic heterocycles. The summed E-state index contributed by atoms with van der Waals surface area (Å²) in [5, 5.41) is 3.69. The highest BCUT2D eigenvalue weighted by Crippen LogP contribution is 2.48. The Morgan fingerprint density at radius 1 is 0.968 bits per heavy atom. The maximum atomic E-state index is 5.17. The van der Waals surface area contributed by atoms with E-state index < -0.39 is 0 Å². The Morgan fingerprint density at radius 2 is 1.84 bits per heavy atom. The van der Waals surface area contributed by atoms with Gasteiger partial charge in [0.1, 0.15) is 12.1 Å². The molecule has 1 fully saturated rings. The highest BCUT2D eigenvalue weighted by atomic mass is 32.2. The topological polar surface area (TPSA) is 33.4 Å². The van der Waals surface area contributed by atoms with Crippen LogP contribution in [0.1, 0.15) is 36.8 Å². The summed E-state index contributed by atoms with van der Waals surface area (Å²) in [6, 6.07) is 26.5. The van der Waals surface area contributed by atoms with Gasteiger partial charge in [-0.3, -0.25) is 9.98 Å². The lowest BCUT2D eigenvalue weighted by molar-refractivity contribution is 0.249. The van der Waals surface area contributed by atoms with E-state index in [1.54, 1.807) is 0 Å². The lowest BCUT2D eigenvalue weighted by Crippen LogP contribution is -2.36. The highest BCUT2D eigenvalue weighted by molar-refractivity contribution is 8.14. The van der Waals surface area contributed by atoms with E-state index in [0.717, 1.165) is 17.9 Å². The molecule has 5 heteroatoms. The second kappa shape index (κ2) is 7.57. The fraction of sp³-hybridized carbons (Fsp3) is 0.231. The number of fused-ring (bicyclic) bond motifs is 2. The number of pyridine rings is 1. The number of amidine groups is 1. The average Bonchev–Trinajstić information content (AvgIpc) is 3.54. The lowest BCUT2D eigenvalue weighted by atomic mass is 9.99. The van der Waals surface area contributed by atoms with Crippen molar-refractivity contribution in [2.45, 2.75) is 31.5 Å². The number of aliphatic imine (C=N–C) groups is 1. The first-order valence-corrected chi connectivity index (χ1v) is 11.9. The lowest BCUT2D eigenvalue weighted by Gasteiger charge is -2.32. The largest absolute Gasteiger partial charge is 0.337 e. The van der Waals surface area contributed by atoms with E-state index in [-0.39, 0.29) is 12.1 Å². The molecule has 4 aromatic rings. The quantitative estimate of drug-likeness (QED) is 0.403. The van der Waals surface area contributed by atoms with Crippen LogP contribution >= 0.6 is 11.8 Å². The molecule has 4 nitrogen and oxygen atoms in total. The van der Waals surface area contributed by atoms with Crippen LogP contribution in [0.5, 0.6) is 0 Å². The molecule has 1 saturated heterocycles. The van der Waals surface area contributed by atoms with Crippen LogP contribution in [-0.2, 0) is 0 Å². The molecule has 4 heterocycles. The maximum absolute atomic E-state index is 5.17. The van der Waals surface area contributed by atoms with Crippen molar-refractivity contribution in [1.29, 1.82) is 0 Å². The molecule has 0 saturated carbocycles. The van der Waals surface area contributed by atoms with Crippen molar-refractivity contribution in [3.63, 3.8) is 0 Å². The van der Waals surface area contributed by atoms with Crippen LogP contribution in [0.15, 0.2) is 90.2 Å². The molecular weight excluding hydrogens is 400 g/mol. The van der Waals surface area contributed by atoms with Gasteiger partial charge in [-0.25, -0.2) is 0 Å². The Labute approximate surface area is 186 Å². The zero-order chi connectivity index (χ0) is 20.8. The van der Waals surface area contributed by atoms with Crippen molar-refractivity contribution in [1.82, 2.24) is 14.5 Å². The number of aromatic nitrogens is 2. The number of thioether (sulfide) groups is 1. The summed E-state index contributed by atoms with van der Waals surface area (Å²) >= 11 is 1.89. The first-order valence-electron chi connectivity index (χ1n) is 10.9. The first-order chi connectivity index (χ1) is 15.3. The minimum Gasteiger partial charge on any atom is -0.337 e. The van der Waals surface area contributed by atoms with E-state index in [1.807, 2.05) is 24.0 Å². The molecule has 31 heavy (non-hydrogen) atoms. The van der Waals surface area contributed by atoms with E-state index in [2.05, 4.69) is 89.3 Å². The zero-order valence-electron chi connectivity index (χ0n) is 17.4. The van der Waals surface area contributed by atoms with Crippen LogP contribution in [-0.4, -0.2) is 31.4 Å². The molecule has 154 valence electrons. The predicted octanol–water partition coefficient (Wildman–Crippen LogP) is 6.00. The third-order valence-corrected chi connectivity index (χ3v) is 7.55. The van der Waals surface area contributed by atoms with Crippen molar-refractivity contribution in [2.24, 2.45) is 4.99 Å². The van der Waals surface area contributed by atoms with Gasteiger partial charge >= 0.3 is 0 Å². The van der Waals surface area contributed by atoms with Crippen LogP contribution in [0.2, 0.25) is 0 Å². The maximum Gasteiger partial charge on any atom is 0.160 e. The van der Waals surface area contributed by atoms with Gasteiger partial charge in [-0.2, -0.15) is 0 Å². The van der Waals surface area contributed by atoms with Gasteiger partial charge in [-0.05, 0) is 53.6 Å². The molecule has 0 radical (unpaired) electrons. The summed E-state index contributed by atoms with van der Waals surface area (Å²) in [5.74, 6) is 1.11. The summed E-state index contributed by atoms with van der Waals surface area (Å²) in [7, 11) is 0. The van der Waals surface area contributed by atoms with Gasteiger partial charge in [-0.1, -0.05) is 55.1 Å². The molecular formula is C26H24N4S. The zero-order valence-corrected chi connectivity index (χ0v) is 18.2. The normalized spacial score (nSPS) is 22.7. The Hall–Kier alpha value is -3.05. The SMILES string of the molecule is CC[C@@H]1CSC2=N[C@@H](c3ccccn3)[C@H](c3cccn3-c3ccc4ccccc4c3)N21. The van der Waals surface area contributed by atoms with Crippen LogP contribution in [0.3, 0.4) is 0 Å². The molecule has 2 aliphatic rings. The van der Waals surface area contributed by atoms with Gasteiger partial charge in [0.2, 0.25) is 0 Å². The Bertz CT molecular complexity index is 1260. The number of rotatable bonds is 4. The Morgan fingerprint density at radius 3 is 2.68 bits per heavy atom. The molecule has 0 bridgehead atoms. The van der Waals surface area contributed by atoms with Crippen LogP contribution in [0.4, 0.5) is 0 Å². The minimum atomic E-state index is 0.00663. The second-order valence-electron chi connectivity index (χ2n) is 8.17.